The van der Waals surface area contributed by atoms with Gasteiger partial charge in [0.05, 0.1) is 6.10 Å². The van der Waals surface area contributed by atoms with E-state index in [9.17, 15) is 14.4 Å². The molecule has 0 saturated carbocycles. The standard InChI is InChI=1S/C14H25NO5/c1-9(2)19-12(17)11(8-7-10(3)16)15-13(18)20-14(4,5)6/h9,11H,7-8H2,1-6H3,(H,15,18)/t11-/m1/s1. The lowest BCUT2D eigenvalue weighted by molar-refractivity contribution is -0.150. The third kappa shape index (κ3) is 9.35. The number of esters is 1. The van der Waals surface area contributed by atoms with Crippen LogP contribution in [-0.2, 0) is 19.1 Å². The summed E-state index contributed by atoms with van der Waals surface area (Å²) in [6.45, 7) is 10.0. The van der Waals surface area contributed by atoms with Gasteiger partial charge in [-0.05, 0) is 48.0 Å². The minimum absolute atomic E-state index is 0.0571. The van der Waals surface area contributed by atoms with Gasteiger partial charge in [-0.1, -0.05) is 0 Å². The van der Waals surface area contributed by atoms with E-state index >= 15 is 0 Å². The average Bonchev–Trinajstić information content (AvgIpc) is 2.19. The van der Waals surface area contributed by atoms with E-state index in [-0.39, 0.29) is 24.7 Å². The lowest BCUT2D eigenvalue weighted by atomic mass is 10.1. The second-order valence-electron chi connectivity index (χ2n) is 5.93. The molecule has 0 unspecified atom stereocenters. The van der Waals surface area contributed by atoms with Gasteiger partial charge in [0.25, 0.3) is 0 Å². The molecule has 0 aliphatic carbocycles. The fourth-order valence-corrected chi connectivity index (χ4v) is 1.36. The molecule has 0 aromatic heterocycles. The van der Waals surface area contributed by atoms with Crippen molar-refractivity contribution in [2.45, 2.75) is 72.1 Å². The summed E-state index contributed by atoms with van der Waals surface area (Å²) in [4.78, 5) is 34.6. The summed E-state index contributed by atoms with van der Waals surface area (Å²) < 4.78 is 10.1. The number of hydrogen-bond donors (Lipinski definition) is 1. The zero-order chi connectivity index (χ0) is 15.9. The Bertz CT molecular complexity index is 357. The van der Waals surface area contributed by atoms with Crippen molar-refractivity contribution in [2.24, 2.45) is 0 Å². The molecule has 0 radical (unpaired) electrons. The fraction of sp³-hybridized carbons (Fsp3) is 0.786. The molecule has 6 nitrogen and oxygen atoms in total. The van der Waals surface area contributed by atoms with Crippen molar-refractivity contribution in [2.75, 3.05) is 0 Å². The minimum atomic E-state index is -0.879. The molecule has 0 saturated heterocycles. The number of carbonyl (C=O) groups is 3. The second kappa shape index (κ2) is 7.87. The predicted molar refractivity (Wildman–Crippen MR) is 74.3 cm³/mol. The van der Waals surface area contributed by atoms with E-state index in [0.29, 0.717) is 0 Å². The van der Waals surface area contributed by atoms with Crippen molar-refractivity contribution in [3.8, 4) is 0 Å². The summed E-state index contributed by atoms with van der Waals surface area (Å²) in [6.07, 6.45) is -0.608. The van der Waals surface area contributed by atoms with Gasteiger partial charge < -0.3 is 19.6 Å². The largest absolute Gasteiger partial charge is 0.461 e. The SMILES string of the molecule is CC(=O)CC[C@@H](NC(=O)OC(C)(C)C)C(=O)OC(C)C. The monoisotopic (exact) mass is 287 g/mol. The maximum absolute atomic E-state index is 11.9. The Balaban J connectivity index is 4.63. The maximum Gasteiger partial charge on any atom is 0.408 e. The first-order valence-electron chi connectivity index (χ1n) is 6.70. The Hall–Kier alpha value is -1.59. The molecule has 0 aromatic carbocycles. The highest BCUT2D eigenvalue weighted by Crippen LogP contribution is 2.09. The highest BCUT2D eigenvalue weighted by molar-refractivity contribution is 5.83. The number of ether oxygens (including phenoxy) is 2. The van der Waals surface area contributed by atoms with Crippen molar-refractivity contribution in [3.05, 3.63) is 0 Å². The van der Waals surface area contributed by atoms with E-state index in [1.165, 1.54) is 6.92 Å². The Kier molecular flexibility index (Phi) is 7.24. The molecule has 1 N–H and O–H groups in total. The average molecular weight is 287 g/mol. The summed E-state index contributed by atoms with van der Waals surface area (Å²) in [5.74, 6) is -0.620. The lowest BCUT2D eigenvalue weighted by Gasteiger charge is -2.23. The first-order chi connectivity index (χ1) is 9.01. The number of carbonyl (C=O) groups excluding carboxylic acids is 3. The van der Waals surface area contributed by atoms with E-state index in [1.807, 2.05) is 0 Å². The number of rotatable bonds is 6. The van der Waals surface area contributed by atoms with Crippen molar-refractivity contribution < 1.29 is 23.9 Å². The van der Waals surface area contributed by atoms with Crippen molar-refractivity contribution in [1.29, 1.82) is 0 Å². The molecule has 0 fully saturated rings. The minimum Gasteiger partial charge on any atom is -0.461 e. The van der Waals surface area contributed by atoms with Gasteiger partial charge in [0, 0.05) is 6.42 Å². The summed E-state index contributed by atoms with van der Waals surface area (Å²) in [5.41, 5.74) is -0.656. The number of alkyl carbamates (subject to hydrolysis) is 1. The van der Waals surface area contributed by atoms with Gasteiger partial charge in [-0.2, -0.15) is 0 Å². The van der Waals surface area contributed by atoms with Crippen LogP contribution in [0.25, 0.3) is 0 Å². The van der Waals surface area contributed by atoms with E-state index in [1.54, 1.807) is 34.6 Å². The topological polar surface area (TPSA) is 81.7 Å². The van der Waals surface area contributed by atoms with E-state index < -0.39 is 23.7 Å². The molecule has 0 aliphatic rings. The molecule has 0 aliphatic heterocycles. The van der Waals surface area contributed by atoms with Crippen LogP contribution in [0.3, 0.4) is 0 Å². The van der Waals surface area contributed by atoms with Crippen LogP contribution in [0.2, 0.25) is 0 Å². The number of nitrogens with one attached hydrogen (secondary N) is 1. The van der Waals surface area contributed by atoms with Gasteiger partial charge in [0.15, 0.2) is 0 Å². The highest BCUT2D eigenvalue weighted by atomic mass is 16.6. The smallest absolute Gasteiger partial charge is 0.408 e. The van der Waals surface area contributed by atoms with Crippen molar-refractivity contribution in [3.63, 3.8) is 0 Å². The number of Topliss-reactive ketones (excluding diaryl/α,β-unsaturated/α-hetero) is 1. The molecular weight excluding hydrogens is 262 g/mol. The third-order valence-corrected chi connectivity index (χ3v) is 2.11. The number of hydrogen-bond acceptors (Lipinski definition) is 5. The van der Waals surface area contributed by atoms with Gasteiger partial charge >= 0.3 is 12.1 Å². The Morgan fingerprint density at radius 2 is 1.70 bits per heavy atom. The summed E-state index contributed by atoms with van der Waals surface area (Å²) in [7, 11) is 0. The first kappa shape index (κ1) is 18.4. The molecule has 6 heteroatoms. The van der Waals surface area contributed by atoms with Gasteiger partial charge in [0.2, 0.25) is 0 Å². The zero-order valence-electron chi connectivity index (χ0n) is 13.1. The molecule has 1 atom stereocenters. The van der Waals surface area contributed by atoms with Crippen LogP contribution < -0.4 is 5.32 Å². The van der Waals surface area contributed by atoms with Crippen LogP contribution in [0.1, 0.15) is 54.4 Å². The van der Waals surface area contributed by atoms with E-state index in [4.69, 9.17) is 9.47 Å². The van der Waals surface area contributed by atoms with Crippen LogP contribution in [0.15, 0.2) is 0 Å². The summed E-state index contributed by atoms with van der Waals surface area (Å²) in [6, 6.07) is -0.879. The number of amides is 1. The Morgan fingerprint density at radius 1 is 1.15 bits per heavy atom. The molecule has 0 rings (SSSR count). The predicted octanol–water partition coefficient (Wildman–Crippen LogP) is 2.20. The van der Waals surface area contributed by atoms with Crippen LogP contribution in [0.4, 0.5) is 4.79 Å². The second-order valence-corrected chi connectivity index (χ2v) is 5.93. The molecule has 0 aromatic rings. The molecule has 1 amide bonds. The van der Waals surface area contributed by atoms with Gasteiger partial charge in [0.1, 0.15) is 17.4 Å². The molecule has 20 heavy (non-hydrogen) atoms. The Labute approximate surface area is 120 Å². The van der Waals surface area contributed by atoms with Crippen LogP contribution in [0, 0.1) is 0 Å². The third-order valence-electron chi connectivity index (χ3n) is 2.11. The van der Waals surface area contributed by atoms with Crippen molar-refractivity contribution in [1.82, 2.24) is 5.32 Å². The Morgan fingerprint density at radius 3 is 2.10 bits per heavy atom. The van der Waals surface area contributed by atoms with E-state index in [0.717, 1.165) is 0 Å². The lowest BCUT2D eigenvalue weighted by Crippen LogP contribution is -2.45. The molecule has 116 valence electrons. The molecule has 0 bridgehead atoms. The normalized spacial score (nSPS) is 12.8. The molecule has 0 heterocycles. The van der Waals surface area contributed by atoms with Crippen molar-refractivity contribution >= 4 is 17.8 Å². The first-order valence-corrected chi connectivity index (χ1v) is 6.70. The molecule has 0 spiro atoms. The van der Waals surface area contributed by atoms with Gasteiger partial charge in [-0.25, -0.2) is 9.59 Å². The van der Waals surface area contributed by atoms with Crippen LogP contribution >= 0.6 is 0 Å². The fourth-order valence-electron chi connectivity index (χ4n) is 1.36. The van der Waals surface area contributed by atoms with Crippen LogP contribution in [-0.4, -0.2) is 35.6 Å². The van der Waals surface area contributed by atoms with Crippen LogP contribution in [0.5, 0.6) is 0 Å². The van der Waals surface area contributed by atoms with Gasteiger partial charge in [-0.15, -0.1) is 0 Å². The van der Waals surface area contributed by atoms with E-state index in [2.05, 4.69) is 5.32 Å². The van der Waals surface area contributed by atoms with Gasteiger partial charge in [-0.3, -0.25) is 0 Å². The quantitative estimate of drug-likeness (QED) is 0.757. The zero-order valence-corrected chi connectivity index (χ0v) is 13.1. The highest BCUT2D eigenvalue weighted by Gasteiger charge is 2.26. The maximum atomic E-state index is 11.9. The number of ketones is 1. The molecular formula is C14H25NO5. The summed E-state index contributed by atoms with van der Waals surface area (Å²) >= 11 is 0. The summed E-state index contributed by atoms with van der Waals surface area (Å²) in [5, 5.41) is 2.45.